The molecule has 2 heterocycles. The van der Waals surface area contributed by atoms with Gasteiger partial charge in [-0.25, -0.2) is 4.98 Å². The molecule has 0 aliphatic carbocycles. The number of nitrogens with one attached hydrogen (secondary N) is 2. The molecule has 1 aliphatic rings. The maximum Gasteiger partial charge on any atom is 0.293 e. The number of hydrogen-bond donors (Lipinski definition) is 2. The Labute approximate surface area is 140 Å². The first kappa shape index (κ1) is 18.3. The van der Waals surface area contributed by atoms with Crippen molar-refractivity contribution in [1.82, 2.24) is 10.3 Å². The summed E-state index contributed by atoms with van der Waals surface area (Å²) in [4.78, 5) is 15.9. The van der Waals surface area contributed by atoms with Crippen molar-refractivity contribution >= 4 is 36.4 Å². The van der Waals surface area contributed by atoms with Crippen LogP contribution in [0.2, 0.25) is 0 Å². The van der Waals surface area contributed by atoms with Crippen molar-refractivity contribution < 1.29 is 13.9 Å². The van der Waals surface area contributed by atoms with Gasteiger partial charge < -0.3 is 19.8 Å². The molecule has 2 N–H and O–H groups in total. The van der Waals surface area contributed by atoms with Gasteiger partial charge in [0, 0.05) is 24.3 Å². The molecule has 0 spiro atoms. The Bertz CT molecular complexity index is 646. The number of benzene rings is 1. The Morgan fingerprint density at radius 3 is 2.91 bits per heavy atom. The topological polar surface area (TPSA) is 76.4 Å². The number of carbonyl (C=O) groups is 1. The summed E-state index contributed by atoms with van der Waals surface area (Å²) < 4.78 is 10.7. The van der Waals surface area contributed by atoms with Crippen LogP contribution in [0, 0.1) is 6.92 Å². The van der Waals surface area contributed by atoms with Gasteiger partial charge in [0.05, 0.1) is 5.69 Å². The lowest BCUT2D eigenvalue weighted by atomic mass is 10.1. The molecule has 1 aromatic heterocycles. The van der Waals surface area contributed by atoms with Crippen LogP contribution in [0.3, 0.4) is 0 Å². The Kier molecular flexibility index (Phi) is 6.67. The van der Waals surface area contributed by atoms with E-state index < -0.39 is 0 Å². The lowest BCUT2D eigenvalue weighted by Crippen LogP contribution is -2.16. The molecule has 0 bridgehead atoms. The molecule has 120 valence electrons. The Hall–Kier alpha value is -1.76. The fourth-order valence-electron chi connectivity index (χ4n) is 2.10. The summed E-state index contributed by atoms with van der Waals surface area (Å²) in [6.45, 7) is 3.91. The average molecular weight is 346 g/mol. The van der Waals surface area contributed by atoms with Crippen molar-refractivity contribution in [2.75, 3.05) is 18.5 Å². The summed E-state index contributed by atoms with van der Waals surface area (Å²) in [5.41, 5.74) is 2.30. The monoisotopic (exact) mass is 345 g/mol. The van der Waals surface area contributed by atoms with Crippen LogP contribution in [0.25, 0.3) is 0 Å². The molecule has 0 saturated carbocycles. The van der Waals surface area contributed by atoms with Crippen molar-refractivity contribution in [3.63, 3.8) is 0 Å². The summed E-state index contributed by atoms with van der Waals surface area (Å²) in [7, 11) is 0. The first-order valence-corrected chi connectivity index (χ1v) is 6.42. The second-order valence-corrected chi connectivity index (χ2v) is 4.57. The number of nitrogens with zero attached hydrogens (tertiary/aromatic N) is 1. The summed E-state index contributed by atoms with van der Waals surface area (Å²) in [5, 5.41) is 6.05. The quantitative estimate of drug-likeness (QED) is 0.874. The number of carbonyl (C=O) groups excluding carboxylic acids is 1. The largest absolute Gasteiger partial charge is 0.492 e. The van der Waals surface area contributed by atoms with Gasteiger partial charge >= 0.3 is 0 Å². The van der Waals surface area contributed by atoms with Gasteiger partial charge in [0.15, 0.2) is 6.39 Å². The number of amides is 1. The molecule has 3 rings (SSSR count). The zero-order valence-corrected chi connectivity index (χ0v) is 13.6. The molecule has 2 aromatic rings. The van der Waals surface area contributed by atoms with E-state index in [2.05, 4.69) is 15.6 Å². The number of oxazole rings is 1. The van der Waals surface area contributed by atoms with Crippen LogP contribution in [0.5, 0.6) is 5.75 Å². The zero-order valence-electron chi connectivity index (χ0n) is 11.9. The van der Waals surface area contributed by atoms with Crippen molar-refractivity contribution in [2.24, 2.45) is 0 Å². The highest BCUT2D eigenvalue weighted by Crippen LogP contribution is 2.24. The maximum atomic E-state index is 12.0. The lowest BCUT2D eigenvalue weighted by Gasteiger charge is -2.09. The van der Waals surface area contributed by atoms with Crippen LogP contribution < -0.4 is 15.4 Å². The molecule has 0 saturated heterocycles. The number of ether oxygens (including phenoxy) is 1. The van der Waals surface area contributed by atoms with Gasteiger partial charge in [-0.1, -0.05) is 0 Å². The fraction of sp³-hybridized carbons (Fsp3) is 0.286. The predicted octanol–water partition coefficient (Wildman–Crippen LogP) is 2.56. The van der Waals surface area contributed by atoms with Crippen LogP contribution in [-0.4, -0.2) is 24.0 Å². The number of halogens is 2. The van der Waals surface area contributed by atoms with Crippen molar-refractivity contribution in [3.8, 4) is 5.75 Å². The smallest absolute Gasteiger partial charge is 0.293 e. The van der Waals surface area contributed by atoms with E-state index in [1.807, 2.05) is 18.2 Å². The van der Waals surface area contributed by atoms with Crippen LogP contribution in [-0.2, 0) is 6.54 Å². The number of aromatic nitrogens is 1. The van der Waals surface area contributed by atoms with E-state index in [1.54, 1.807) is 6.92 Å². The lowest BCUT2D eigenvalue weighted by molar-refractivity contribution is 0.0996. The highest BCUT2D eigenvalue weighted by Gasteiger charge is 2.15. The molecular weight excluding hydrogens is 329 g/mol. The fourth-order valence-corrected chi connectivity index (χ4v) is 2.10. The number of rotatable bonds is 2. The third kappa shape index (κ3) is 3.91. The van der Waals surface area contributed by atoms with E-state index >= 15 is 0 Å². The predicted molar refractivity (Wildman–Crippen MR) is 87.3 cm³/mol. The molecule has 0 radical (unpaired) electrons. The van der Waals surface area contributed by atoms with E-state index in [9.17, 15) is 4.79 Å². The van der Waals surface area contributed by atoms with Crippen molar-refractivity contribution in [3.05, 3.63) is 41.6 Å². The van der Waals surface area contributed by atoms with E-state index in [0.717, 1.165) is 24.4 Å². The van der Waals surface area contributed by atoms with E-state index in [-0.39, 0.29) is 36.5 Å². The summed E-state index contributed by atoms with van der Waals surface area (Å²) in [5.74, 6) is 0.778. The Morgan fingerprint density at radius 1 is 1.36 bits per heavy atom. The van der Waals surface area contributed by atoms with Gasteiger partial charge in [0.1, 0.15) is 12.4 Å². The standard InChI is InChI=1S/C14H15N3O3.2ClH/c1-9-13(20-8-16-9)14(18)17-11-2-3-12-10(6-11)7-15-4-5-19-12;;/h2-3,6,8,15H,4-5,7H2,1H3,(H,17,18);2*1H. The number of anilines is 1. The van der Waals surface area contributed by atoms with Gasteiger partial charge in [-0.05, 0) is 25.1 Å². The number of aryl methyl sites for hydroxylation is 1. The van der Waals surface area contributed by atoms with Crippen LogP contribution in [0.1, 0.15) is 21.8 Å². The average Bonchev–Trinajstić information content (AvgIpc) is 2.73. The van der Waals surface area contributed by atoms with Gasteiger partial charge in [0.2, 0.25) is 5.76 Å². The van der Waals surface area contributed by atoms with E-state index in [1.165, 1.54) is 6.39 Å². The first-order valence-electron chi connectivity index (χ1n) is 6.42. The third-order valence-corrected chi connectivity index (χ3v) is 3.12. The SMILES string of the molecule is Cc1ncoc1C(=O)Nc1ccc2c(c1)CNCCO2.Cl.Cl. The highest BCUT2D eigenvalue weighted by molar-refractivity contribution is 6.02. The van der Waals surface area contributed by atoms with Crippen LogP contribution in [0.4, 0.5) is 5.69 Å². The first-order chi connectivity index (χ1) is 9.74. The van der Waals surface area contributed by atoms with E-state index in [4.69, 9.17) is 9.15 Å². The molecule has 22 heavy (non-hydrogen) atoms. The molecule has 0 unspecified atom stereocenters. The highest BCUT2D eigenvalue weighted by atomic mass is 35.5. The molecule has 0 atom stereocenters. The molecule has 6 nitrogen and oxygen atoms in total. The summed E-state index contributed by atoms with van der Waals surface area (Å²) in [6.07, 6.45) is 1.26. The zero-order chi connectivity index (χ0) is 13.9. The minimum Gasteiger partial charge on any atom is -0.492 e. The maximum absolute atomic E-state index is 12.0. The summed E-state index contributed by atoms with van der Waals surface area (Å²) in [6, 6.07) is 5.58. The number of fused-ring (bicyclic) bond motifs is 1. The molecular formula is C14H17Cl2N3O3. The minimum absolute atomic E-state index is 0. The molecule has 1 amide bonds. The molecule has 1 aliphatic heterocycles. The van der Waals surface area contributed by atoms with Crippen molar-refractivity contribution in [1.29, 1.82) is 0 Å². The van der Waals surface area contributed by atoms with Crippen LogP contribution >= 0.6 is 24.8 Å². The van der Waals surface area contributed by atoms with Crippen LogP contribution in [0.15, 0.2) is 29.0 Å². The molecule has 0 fully saturated rings. The third-order valence-electron chi connectivity index (χ3n) is 3.12. The summed E-state index contributed by atoms with van der Waals surface area (Å²) >= 11 is 0. The number of hydrogen-bond acceptors (Lipinski definition) is 5. The molecule has 1 aromatic carbocycles. The van der Waals surface area contributed by atoms with Gasteiger partial charge in [-0.3, -0.25) is 4.79 Å². The Balaban J connectivity index is 0.00000121. The van der Waals surface area contributed by atoms with Gasteiger partial charge in [-0.15, -0.1) is 24.8 Å². The second-order valence-electron chi connectivity index (χ2n) is 4.57. The van der Waals surface area contributed by atoms with Gasteiger partial charge in [0.25, 0.3) is 5.91 Å². The normalized spacial score (nSPS) is 12.8. The Morgan fingerprint density at radius 2 is 2.18 bits per heavy atom. The second kappa shape index (κ2) is 8.03. The minimum atomic E-state index is -0.303. The van der Waals surface area contributed by atoms with Gasteiger partial charge in [-0.2, -0.15) is 0 Å². The van der Waals surface area contributed by atoms with Crippen molar-refractivity contribution in [2.45, 2.75) is 13.5 Å². The van der Waals surface area contributed by atoms with E-state index in [0.29, 0.717) is 18.0 Å². The molecule has 8 heteroatoms.